The van der Waals surface area contributed by atoms with Crippen LogP contribution in [0.2, 0.25) is 0 Å². The van der Waals surface area contributed by atoms with Gasteiger partial charge < -0.3 is 25.8 Å². The van der Waals surface area contributed by atoms with E-state index >= 15 is 0 Å². The van der Waals surface area contributed by atoms with Crippen molar-refractivity contribution in [2.45, 2.75) is 25.5 Å². The Morgan fingerprint density at radius 1 is 1.25 bits per heavy atom. The van der Waals surface area contributed by atoms with E-state index in [-0.39, 0.29) is 6.10 Å². The Morgan fingerprint density at radius 3 is 3.04 bits per heavy atom. The lowest BCUT2D eigenvalue weighted by molar-refractivity contribution is 0.0873. The number of nitrogens with two attached hydrogens (primary N) is 1. The average molecular weight is 327 g/mol. The summed E-state index contributed by atoms with van der Waals surface area (Å²) >= 11 is 0. The van der Waals surface area contributed by atoms with Crippen molar-refractivity contribution in [3.05, 3.63) is 35.5 Å². The summed E-state index contributed by atoms with van der Waals surface area (Å²) in [7, 11) is 0. The summed E-state index contributed by atoms with van der Waals surface area (Å²) in [6.07, 6.45) is 1.77. The molecule has 2 aromatic rings. The van der Waals surface area contributed by atoms with Crippen LogP contribution in [0.3, 0.4) is 0 Å². The molecule has 3 heterocycles. The summed E-state index contributed by atoms with van der Waals surface area (Å²) in [5.41, 5.74) is 7.97. The van der Waals surface area contributed by atoms with Gasteiger partial charge in [-0.15, -0.1) is 0 Å². The van der Waals surface area contributed by atoms with Gasteiger partial charge in [0.2, 0.25) is 5.95 Å². The maximum atomic E-state index is 5.97. The number of nitrogen functional groups attached to an aromatic ring is 1. The first-order valence-corrected chi connectivity index (χ1v) is 8.28. The molecule has 0 spiro atoms. The standard InChI is InChI=1S/C17H21N5O2/c18-17-21-13-9-19-7-6-12(13)16(22-17)20-8-5-11-10-23-14-3-1-2-4-15(14)24-11/h1-4,11,19H,5-10H2,(H3,18,20,21,22). The topological polar surface area (TPSA) is 94.3 Å². The van der Waals surface area contributed by atoms with Crippen molar-refractivity contribution in [1.29, 1.82) is 0 Å². The Labute approximate surface area is 140 Å². The highest BCUT2D eigenvalue weighted by molar-refractivity contribution is 5.50. The van der Waals surface area contributed by atoms with Gasteiger partial charge in [0, 0.05) is 25.1 Å². The van der Waals surface area contributed by atoms with Gasteiger partial charge in [-0.05, 0) is 25.1 Å². The number of benzene rings is 1. The number of hydrogen-bond acceptors (Lipinski definition) is 7. The minimum Gasteiger partial charge on any atom is -0.486 e. The number of hydrogen-bond donors (Lipinski definition) is 3. The van der Waals surface area contributed by atoms with Gasteiger partial charge in [0.1, 0.15) is 18.5 Å². The first-order chi connectivity index (χ1) is 11.8. The molecule has 7 heteroatoms. The molecule has 0 saturated carbocycles. The van der Waals surface area contributed by atoms with E-state index < -0.39 is 0 Å². The van der Waals surface area contributed by atoms with Crippen molar-refractivity contribution < 1.29 is 9.47 Å². The van der Waals surface area contributed by atoms with E-state index in [1.54, 1.807) is 0 Å². The van der Waals surface area contributed by atoms with Gasteiger partial charge in [-0.25, -0.2) is 4.98 Å². The Bertz CT molecular complexity index is 737. The van der Waals surface area contributed by atoms with Crippen LogP contribution in [0.25, 0.3) is 0 Å². The Morgan fingerprint density at radius 2 is 2.12 bits per heavy atom. The predicted octanol–water partition coefficient (Wildman–Crippen LogP) is 1.35. The highest BCUT2D eigenvalue weighted by Crippen LogP contribution is 2.31. The lowest BCUT2D eigenvalue weighted by Gasteiger charge is -2.26. The zero-order valence-corrected chi connectivity index (χ0v) is 13.4. The largest absolute Gasteiger partial charge is 0.486 e. The van der Waals surface area contributed by atoms with E-state index in [1.807, 2.05) is 24.3 Å². The second-order valence-corrected chi connectivity index (χ2v) is 6.00. The number of aromatic nitrogens is 2. The normalized spacial score (nSPS) is 18.8. The third kappa shape index (κ3) is 3.07. The molecule has 7 nitrogen and oxygen atoms in total. The zero-order chi connectivity index (χ0) is 16.4. The third-order valence-corrected chi connectivity index (χ3v) is 4.28. The molecule has 0 aliphatic carbocycles. The molecule has 4 rings (SSSR count). The Hall–Kier alpha value is -2.54. The fraction of sp³-hybridized carbons (Fsp3) is 0.412. The maximum absolute atomic E-state index is 5.97. The van der Waals surface area contributed by atoms with Crippen molar-refractivity contribution in [2.75, 3.05) is 30.7 Å². The molecule has 24 heavy (non-hydrogen) atoms. The lowest BCUT2D eigenvalue weighted by atomic mass is 10.1. The molecular weight excluding hydrogens is 306 g/mol. The fourth-order valence-electron chi connectivity index (χ4n) is 3.08. The van der Waals surface area contributed by atoms with Gasteiger partial charge in [0.25, 0.3) is 0 Å². The van der Waals surface area contributed by atoms with Crippen LogP contribution in [0, 0.1) is 0 Å². The van der Waals surface area contributed by atoms with Gasteiger partial charge in [-0.1, -0.05) is 12.1 Å². The number of fused-ring (bicyclic) bond motifs is 2. The summed E-state index contributed by atoms with van der Waals surface area (Å²) in [6, 6.07) is 7.76. The predicted molar refractivity (Wildman–Crippen MR) is 91.3 cm³/mol. The van der Waals surface area contributed by atoms with E-state index in [2.05, 4.69) is 20.6 Å². The van der Waals surface area contributed by atoms with Crippen molar-refractivity contribution in [3.63, 3.8) is 0 Å². The molecule has 0 fully saturated rings. The van der Waals surface area contributed by atoms with Gasteiger partial charge in [-0.3, -0.25) is 0 Å². The van der Waals surface area contributed by atoms with Crippen molar-refractivity contribution >= 4 is 11.8 Å². The van der Waals surface area contributed by atoms with Crippen molar-refractivity contribution in [3.8, 4) is 11.5 Å². The summed E-state index contributed by atoms with van der Waals surface area (Å²) < 4.78 is 11.7. The van der Waals surface area contributed by atoms with Gasteiger partial charge in [0.15, 0.2) is 11.5 Å². The molecule has 126 valence electrons. The molecule has 1 aromatic carbocycles. The molecule has 0 saturated heterocycles. The molecule has 4 N–H and O–H groups in total. The average Bonchev–Trinajstić information content (AvgIpc) is 2.61. The highest BCUT2D eigenvalue weighted by Gasteiger charge is 2.21. The second kappa shape index (κ2) is 6.52. The number of ether oxygens (including phenoxy) is 2. The minimum absolute atomic E-state index is 0.0316. The monoisotopic (exact) mass is 327 g/mol. The molecule has 2 aliphatic rings. The molecule has 0 amide bonds. The maximum Gasteiger partial charge on any atom is 0.222 e. The van der Waals surface area contributed by atoms with E-state index in [0.717, 1.165) is 61.1 Å². The highest BCUT2D eigenvalue weighted by atomic mass is 16.6. The number of para-hydroxylation sites is 2. The Balaban J connectivity index is 1.38. The zero-order valence-electron chi connectivity index (χ0n) is 13.4. The van der Waals surface area contributed by atoms with E-state index in [9.17, 15) is 0 Å². The van der Waals surface area contributed by atoms with Crippen molar-refractivity contribution in [2.24, 2.45) is 0 Å². The third-order valence-electron chi connectivity index (χ3n) is 4.28. The van der Waals surface area contributed by atoms with E-state index in [0.29, 0.717) is 12.6 Å². The molecule has 0 radical (unpaired) electrons. The van der Waals surface area contributed by atoms with Crippen LogP contribution in [0.1, 0.15) is 17.7 Å². The summed E-state index contributed by atoms with van der Waals surface area (Å²) in [4.78, 5) is 8.68. The Kier molecular flexibility index (Phi) is 4.08. The van der Waals surface area contributed by atoms with Crippen LogP contribution in [0.5, 0.6) is 11.5 Å². The van der Waals surface area contributed by atoms with Gasteiger partial charge in [0.05, 0.1) is 5.69 Å². The van der Waals surface area contributed by atoms with Crippen LogP contribution >= 0.6 is 0 Å². The summed E-state index contributed by atoms with van der Waals surface area (Å²) in [5.74, 6) is 2.78. The minimum atomic E-state index is 0.0316. The fourth-order valence-corrected chi connectivity index (χ4v) is 3.08. The number of nitrogens with one attached hydrogen (secondary N) is 2. The first kappa shape index (κ1) is 15.0. The van der Waals surface area contributed by atoms with Crippen LogP contribution < -0.4 is 25.8 Å². The second-order valence-electron chi connectivity index (χ2n) is 6.00. The summed E-state index contributed by atoms with van der Waals surface area (Å²) in [5, 5.41) is 6.69. The molecule has 1 aromatic heterocycles. The smallest absolute Gasteiger partial charge is 0.222 e. The molecule has 1 atom stereocenters. The SMILES string of the molecule is Nc1nc2c(c(NCCC3COc4ccccc4O3)n1)CCNC2. The quantitative estimate of drug-likeness (QED) is 0.780. The number of anilines is 2. The number of rotatable bonds is 4. The number of nitrogens with zero attached hydrogens (tertiary/aromatic N) is 2. The van der Waals surface area contributed by atoms with E-state index in [4.69, 9.17) is 15.2 Å². The molecule has 1 unspecified atom stereocenters. The van der Waals surface area contributed by atoms with Crippen LogP contribution in [0.15, 0.2) is 24.3 Å². The van der Waals surface area contributed by atoms with Gasteiger partial charge >= 0.3 is 0 Å². The lowest BCUT2D eigenvalue weighted by Crippen LogP contribution is -2.31. The summed E-state index contributed by atoms with van der Waals surface area (Å²) in [6.45, 7) is 2.98. The van der Waals surface area contributed by atoms with Crippen LogP contribution in [0.4, 0.5) is 11.8 Å². The first-order valence-electron chi connectivity index (χ1n) is 8.28. The van der Waals surface area contributed by atoms with E-state index in [1.165, 1.54) is 0 Å². The van der Waals surface area contributed by atoms with Crippen molar-refractivity contribution in [1.82, 2.24) is 15.3 Å². The molecule has 0 bridgehead atoms. The molecular formula is C17H21N5O2. The van der Waals surface area contributed by atoms with Crippen LogP contribution in [-0.4, -0.2) is 35.8 Å². The van der Waals surface area contributed by atoms with Crippen LogP contribution in [-0.2, 0) is 13.0 Å². The molecule has 2 aliphatic heterocycles. The van der Waals surface area contributed by atoms with Gasteiger partial charge in [-0.2, -0.15) is 4.98 Å².